The quantitative estimate of drug-likeness (QED) is 0.697. The van der Waals surface area contributed by atoms with Crippen molar-refractivity contribution < 1.29 is 0 Å². The Kier molecular flexibility index (Phi) is 2.29. The summed E-state index contributed by atoms with van der Waals surface area (Å²) in [4.78, 5) is 4.00. The third-order valence-electron chi connectivity index (χ3n) is 2.47. The van der Waals surface area contributed by atoms with E-state index < -0.39 is 0 Å². The van der Waals surface area contributed by atoms with Gasteiger partial charge in [-0.2, -0.15) is 0 Å². The van der Waals surface area contributed by atoms with Crippen molar-refractivity contribution in [1.82, 2.24) is 19.6 Å². The lowest BCUT2D eigenvalue weighted by Gasteiger charge is -2.02. The molecule has 2 heterocycles. The van der Waals surface area contributed by atoms with Crippen LogP contribution in [0, 0.1) is 0 Å². The molecule has 2 N–H and O–H groups in total. The van der Waals surface area contributed by atoms with E-state index in [1.807, 2.05) is 28.8 Å². The van der Waals surface area contributed by atoms with Gasteiger partial charge in [-0.3, -0.25) is 9.38 Å². The lowest BCUT2D eigenvalue weighted by Crippen LogP contribution is -1.91. The Morgan fingerprint density at radius 2 is 2.12 bits per heavy atom. The number of nitrogen functional groups attached to an aromatic ring is 1. The Balaban J connectivity index is 2.24. The van der Waals surface area contributed by atoms with Gasteiger partial charge in [0.1, 0.15) is 0 Å². The van der Waals surface area contributed by atoms with E-state index in [9.17, 15) is 0 Å². The molecule has 0 saturated carbocycles. The molecule has 0 unspecified atom stereocenters. The smallest absolute Gasteiger partial charge is 0.179 e. The summed E-state index contributed by atoms with van der Waals surface area (Å²) >= 11 is 3.40. The second kappa shape index (κ2) is 3.81. The van der Waals surface area contributed by atoms with Crippen molar-refractivity contribution in [1.29, 1.82) is 0 Å². The lowest BCUT2D eigenvalue weighted by atomic mass is 10.2. The van der Waals surface area contributed by atoms with Gasteiger partial charge < -0.3 is 5.73 Å². The molecule has 0 fully saturated rings. The zero-order valence-corrected chi connectivity index (χ0v) is 10.3. The Morgan fingerprint density at radius 1 is 1.24 bits per heavy atom. The van der Waals surface area contributed by atoms with E-state index in [0.29, 0.717) is 5.69 Å². The number of fused-ring (bicyclic) bond motifs is 1. The maximum atomic E-state index is 5.76. The van der Waals surface area contributed by atoms with E-state index >= 15 is 0 Å². The van der Waals surface area contributed by atoms with Crippen LogP contribution in [0.15, 0.2) is 41.3 Å². The molecule has 3 aromatic rings. The number of hydrogen-bond donors (Lipinski definition) is 1. The number of nitrogens with two attached hydrogens (primary N) is 1. The van der Waals surface area contributed by atoms with Gasteiger partial charge in [-0.05, 0) is 34.1 Å². The van der Waals surface area contributed by atoms with Crippen molar-refractivity contribution in [2.45, 2.75) is 0 Å². The van der Waals surface area contributed by atoms with E-state index in [0.717, 1.165) is 21.5 Å². The minimum atomic E-state index is 0.698. The molecule has 1 aromatic carbocycles. The minimum absolute atomic E-state index is 0.698. The van der Waals surface area contributed by atoms with Gasteiger partial charge in [-0.1, -0.05) is 0 Å². The highest BCUT2D eigenvalue weighted by Gasteiger charge is 2.08. The van der Waals surface area contributed by atoms with Crippen molar-refractivity contribution in [3.05, 3.63) is 41.3 Å². The van der Waals surface area contributed by atoms with E-state index in [2.05, 4.69) is 31.1 Å². The topological polar surface area (TPSA) is 69.1 Å². The molecule has 84 valence electrons. The molecule has 5 nitrogen and oxygen atoms in total. The van der Waals surface area contributed by atoms with Crippen LogP contribution in [0.3, 0.4) is 0 Å². The Morgan fingerprint density at radius 3 is 2.94 bits per heavy atom. The normalized spacial score (nSPS) is 10.9. The first-order valence-electron chi connectivity index (χ1n) is 4.96. The van der Waals surface area contributed by atoms with Gasteiger partial charge in [0.05, 0.1) is 6.20 Å². The molecule has 0 aliphatic rings. The number of rotatable bonds is 1. The molecule has 0 aliphatic carbocycles. The van der Waals surface area contributed by atoms with Crippen LogP contribution in [0.5, 0.6) is 0 Å². The van der Waals surface area contributed by atoms with Gasteiger partial charge >= 0.3 is 0 Å². The molecule has 0 aliphatic heterocycles. The van der Waals surface area contributed by atoms with Gasteiger partial charge in [0.15, 0.2) is 11.5 Å². The van der Waals surface area contributed by atoms with Crippen molar-refractivity contribution in [3.8, 4) is 11.4 Å². The Labute approximate surface area is 105 Å². The molecular formula is C11H8BrN5. The molecule has 0 bridgehead atoms. The van der Waals surface area contributed by atoms with Gasteiger partial charge in [0.25, 0.3) is 0 Å². The first-order chi connectivity index (χ1) is 8.25. The fourth-order valence-corrected chi connectivity index (χ4v) is 2.00. The number of benzene rings is 1. The van der Waals surface area contributed by atoms with E-state index in [1.54, 1.807) is 12.4 Å². The number of anilines is 1. The standard InChI is InChI=1S/C11H8BrN5/c12-8-5-7(1-2-9(8)13)11-16-15-10-6-14-3-4-17(10)11/h1-6H,13H2. The molecule has 0 radical (unpaired) electrons. The lowest BCUT2D eigenvalue weighted by molar-refractivity contribution is 1.11. The molecule has 0 atom stereocenters. The van der Waals surface area contributed by atoms with Crippen LogP contribution in [0.4, 0.5) is 5.69 Å². The number of hydrogen-bond acceptors (Lipinski definition) is 4. The Hall–Kier alpha value is -1.95. The summed E-state index contributed by atoms with van der Waals surface area (Å²) in [6.45, 7) is 0. The monoisotopic (exact) mass is 289 g/mol. The Bertz CT molecular complexity index is 691. The van der Waals surface area contributed by atoms with Crippen LogP contribution < -0.4 is 5.73 Å². The molecule has 17 heavy (non-hydrogen) atoms. The largest absolute Gasteiger partial charge is 0.398 e. The highest BCUT2D eigenvalue weighted by atomic mass is 79.9. The molecule has 3 rings (SSSR count). The minimum Gasteiger partial charge on any atom is -0.398 e. The molecule has 6 heteroatoms. The number of nitrogens with zero attached hydrogens (tertiary/aromatic N) is 4. The second-order valence-electron chi connectivity index (χ2n) is 3.56. The van der Waals surface area contributed by atoms with Gasteiger partial charge in [0, 0.05) is 28.1 Å². The summed E-state index contributed by atoms with van der Waals surface area (Å²) in [7, 11) is 0. The van der Waals surface area contributed by atoms with Crippen LogP contribution in [-0.2, 0) is 0 Å². The highest BCUT2D eigenvalue weighted by Crippen LogP contribution is 2.26. The summed E-state index contributed by atoms with van der Waals surface area (Å²) in [5, 5.41) is 8.20. The predicted octanol–water partition coefficient (Wildman–Crippen LogP) is 2.14. The fraction of sp³-hybridized carbons (Fsp3) is 0. The fourth-order valence-electron chi connectivity index (χ4n) is 1.62. The third-order valence-corrected chi connectivity index (χ3v) is 3.16. The zero-order chi connectivity index (χ0) is 11.8. The van der Waals surface area contributed by atoms with Crippen molar-refractivity contribution >= 4 is 27.3 Å². The summed E-state index contributed by atoms with van der Waals surface area (Å²) in [6.07, 6.45) is 5.20. The summed E-state index contributed by atoms with van der Waals surface area (Å²) in [5.41, 5.74) is 8.12. The van der Waals surface area contributed by atoms with Crippen molar-refractivity contribution in [3.63, 3.8) is 0 Å². The molecular weight excluding hydrogens is 282 g/mol. The number of halogens is 1. The van der Waals surface area contributed by atoms with E-state index in [-0.39, 0.29) is 0 Å². The first-order valence-corrected chi connectivity index (χ1v) is 5.75. The van der Waals surface area contributed by atoms with E-state index in [4.69, 9.17) is 5.73 Å². The van der Waals surface area contributed by atoms with Crippen LogP contribution in [-0.4, -0.2) is 19.6 Å². The molecule has 0 spiro atoms. The maximum Gasteiger partial charge on any atom is 0.179 e. The maximum absolute atomic E-state index is 5.76. The summed E-state index contributed by atoms with van der Waals surface area (Å²) in [6, 6.07) is 5.67. The van der Waals surface area contributed by atoms with Crippen LogP contribution in [0.2, 0.25) is 0 Å². The SMILES string of the molecule is Nc1ccc(-c2nnc3cnccn23)cc1Br. The van der Waals surface area contributed by atoms with Gasteiger partial charge in [-0.25, -0.2) is 0 Å². The average Bonchev–Trinajstić information content (AvgIpc) is 2.76. The predicted molar refractivity (Wildman–Crippen MR) is 68.3 cm³/mol. The van der Waals surface area contributed by atoms with Crippen molar-refractivity contribution in [2.75, 3.05) is 5.73 Å². The first kappa shape index (κ1) is 10.2. The van der Waals surface area contributed by atoms with Crippen LogP contribution in [0.1, 0.15) is 0 Å². The van der Waals surface area contributed by atoms with Crippen LogP contribution in [0.25, 0.3) is 17.0 Å². The number of aromatic nitrogens is 4. The highest BCUT2D eigenvalue weighted by molar-refractivity contribution is 9.10. The summed E-state index contributed by atoms with van der Waals surface area (Å²) in [5.74, 6) is 0.767. The molecule has 0 amide bonds. The third kappa shape index (κ3) is 1.66. The van der Waals surface area contributed by atoms with E-state index in [1.165, 1.54) is 0 Å². The second-order valence-corrected chi connectivity index (χ2v) is 4.42. The molecule has 2 aromatic heterocycles. The van der Waals surface area contributed by atoms with Crippen LogP contribution >= 0.6 is 15.9 Å². The van der Waals surface area contributed by atoms with Crippen molar-refractivity contribution in [2.24, 2.45) is 0 Å². The summed E-state index contributed by atoms with van der Waals surface area (Å²) < 4.78 is 2.73. The van der Waals surface area contributed by atoms with Gasteiger partial charge in [0.2, 0.25) is 0 Å². The zero-order valence-electron chi connectivity index (χ0n) is 8.71. The average molecular weight is 290 g/mol. The molecule has 0 saturated heterocycles. The van der Waals surface area contributed by atoms with Gasteiger partial charge in [-0.15, -0.1) is 10.2 Å².